The van der Waals surface area contributed by atoms with E-state index in [2.05, 4.69) is 10.3 Å². The smallest absolute Gasteiger partial charge is 0.317 e. The Hall–Kier alpha value is -1.82. The highest BCUT2D eigenvalue weighted by Crippen LogP contribution is 2.16. The number of likely N-dealkylation sites (tertiary alicyclic amines) is 1. The number of urea groups is 1. The van der Waals surface area contributed by atoms with Crippen molar-refractivity contribution in [2.75, 3.05) is 13.1 Å². The minimum atomic E-state index is -0.852. The number of nitrogens with zero attached hydrogens (tertiary/aromatic N) is 2. The predicted octanol–water partition coefficient (Wildman–Crippen LogP) is 1.35. The summed E-state index contributed by atoms with van der Waals surface area (Å²) in [5.41, 5.74) is 0.701. The van der Waals surface area contributed by atoms with Crippen LogP contribution in [0.2, 0.25) is 5.02 Å². The van der Waals surface area contributed by atoms with Crippen LogP contribution in [-0.2, 0) is 11.3 Å². The lowest BCUT2D eigenvalue weighted by Crippen LogP contribution is -2.38. The number of aliphatic carboxylic acids is 1. The number of amides is 2. The van der Waals surface area contributed by atoms with Gasteiger partial charge in [-0.05, 0) is 18.6 Å². The van der Waals surface area contributed by atoms with Crippen molar-refractivity contribution in [1.29, 1.82) is 0 Å². The summed E-state index contributed by atoms with van der Waals surface area (Å²) >= 11 is 5.71. The lowest BCUT2D eigenvalue weighted by Gasteiger charge is -2.16. The Morgan fingerprint density at radius 1 is 1.53 bits per heavy atom. The van der Waals surface area contributed by atoms with Gasteiger partial charge in [0.1, 0.15) is 0 Å². The van der Waals surface area contributed by atoms with Gasteiger partial charge in [-0.2, -0.15) is 0 Å². The molecule has 0 spiro atoms. The lowest BCUT2D eigenvalue weighted by molar-refractivity contribution is -0.141. The Labute approximate surface area is 115 Å². The van der Waals surface area contributed by atoms with Gasteiger partial charge < -0.3 is 15.3 Å². The van der Waals surface area contributed by atoms with Crippen molar-refractivity contribution in [2.24, 2.45) is 5.92 Å². The maximum atomic E-state index is 11.8. The molecule has 0 aromatic carbocycles. The second-order valence-corrected chi connectivity index (χ2v) is 4.83. The van der Waals surface area contributed by atoms with Crippen molar-refractivity contribution >= 4 is 23.6 Å². The molecular formula is C12H14ClN3O3. The van der Waals surface area contributed by atoms with Gasteiger partial charge in [0.15, 0.2) is 0 Å². The Morgan fingerprint density at radius 3 is 2.89 bits per heavy atom. The Morgan fingerprint density at radius 2 is 2.32 bits per heavy atom. The molecular weight excluding hydrogens is 270 g/mol. The van der Waals surface area contributed by atoms with Gasteiger partial charge in [-0.3, -0.25) is 9.78 Å². The molecule has 1 aliphatic heterocycles. The van der Waals surface area contributed by atoms with Crippen LogP contribution in [0.15, 0.2) is 18.3 Å². The average Bonchev–Trinajstić information content (AvgIpc) is 2.87. The molecule has 1 unspecified atom stereocenters. The monoisotopic (exact) mass is 283 g/mol. The summed E-state index contributed by atoms with van der Waals surface area (Å²) in [6, 6.07) is 3.17. The first-order chi connectivity index (χ1) is 9.06. The number of rotatable bonds is 3. The molecule has 0 bridgehead atoms. The van der Waals surface area contributed by atoms with E-state index in [0.29, 0.717) is 30.2 Å². The van der Waals surface area contributed by atoms with Crippen molar-refractivity contribution in [1.82, 2.24) is 15.2 Å². The molecule has 0 radical (unpaired) electrons. The first-order valence-corrected chi connectivity index (χ1v) is 6.30. The van der Waals surface area contributed by atoms with E-state index in [0.717, 1.165) is 0 Å². The van der Waals surface area contributed by atoms with Crippen LogP contribution in [0, 0.1) is 5.92 Å². The summed E-state index contributed by atoms with van der Waals surface area (Å²) in [5, 5.41) is 12.1. The van der Waals surface area contributed by atoms with Crippen molar-refractivity contribution in [3.8, 4) is 0 Å². The second kappa shape index (κ2) is 5.88. The summed E-state index contributed by atoms with van der Waals surface area (Å²) in [5.74, 6) is -1.31. The first kappa shape index (κ1) is 13.6. The normalized spacial score (nSPS) is 18.4. The number of carbonyl (C=O) groups is 2. The highest BCUT2D eigenvalue weighted by Gasteiger charge is 2.30. The SMILES string of the molecule is O=C(O)C1CCN(C(=O)NCc2ccc(Cl)cn2)C1. The number of carboxylic acid groups (broad SMARTS) is 1. The fourth-order valence-corrected chi connectivity index (χ4v) is 2.05. The quantitative estimate of drug-likeness (QED) is 0.877. The number of pyridine rings is 1. The molecule has 1 aromatic rings. The van der Waals surface area contributed by atoms with Crippen LogP contribution in [0.1, 0.15) is 12.1 Å². The lowest BCUT2D eigenvalue weighted by atomic mass is 10.1. The fourth-order valence-electron chi connectivity index (χ4n) is 1.94. The van der Waals surface area contributed by atoms with E-state index in [1.54, 1.807) is 12.1 Å². The molecule has 6 nitrogen and oxygen atoms in total. The van der Waals surface area contributed by atoms with Crippen LogP contribution < -0.4 is 5.32 Å². The Bertz CT molecular complexity index is 478. The molecule has 7 heteroatoms. The van der Waals surface area contributed by atoms with E-state index in [1.165, 1.54) is 11.1 Å². The minimum absolute atomic E-state index is 0.259. The number of halogens is 1. The van der Waals surface area contributed by atoms with Gasteiger partial charge in [0.25, 0.3) is 0 Å². The van der Waals surface area contributed by atoms with Gasteiger partial charge in [0, 0.05) is 19.3 Å². The van der Waals surface area contributed by atoms with Crippen LogP contribution in [0.5, 0.6) is 0 Å². The third kappa shape index (κ3) is 3.57. The summed E-state index contributed by atoms with van der Waals surface area (Å²) in [6.45, 7) is 1.02. The van der Waals surface area contributed by atoms with Gasteiger partial charge in [-0.25, -0.2) is 4.79 Å². The van der Waals surface area contributed by atoms with E-state index < -0.39 is 11.9 Å². The molecule has 2 rings (SSSR count). The topological polar surface area (TPSA) is 82.5 Å². The third-order valence-corrected chi connectivity index (χ3v) is 3.26. The molecule has 1 atom stereocenters. The molecule has 2 N–H and O–H groups in total. The van der Waals surface area contributed by atoms with E-state index in [4.69, 9.17) is 16.7 Å². The number of carbonyl (C=O) groups excluding carboxylic acids is 1. The molecule has 1 saturated heterocycles. The van der Waals surface area contributed by atoms with Crippen molar-refractivity contribution < 1.29 is 14.7 Å². The third-order valence-electron chi connectivity index (χ3n) is 3.03. The second-order valence-electron chi connectivity index (χ2n) is 4.40. The first-order valence-electron chi connectivity index (χ1n) is 5.92. The van der Waals surface area contributed by atoms with Crippen LogP contribution in [0.25, 0.3) is 0 Å². The predicted molar refractivity (Wildman–Crippen MR) is 68.8 cm³/mol. The van der Waals surface area contributed by atoms with Crippen LogP contribution >= 0.6 is 11.6 Å². The zero-order valence-corrected chi connectivity index (χ0v) is 10.9. The molecule has 1 aromatic heterocycles. The largest absolute Gasteiger partial charge is 0.481 e. The van der Waals surface area contributed by atoms with E-state index >= 15 is 0 Å². The van der Waals surface area contributed by atoms with Gasteiger partial charge in [0.05, 0.1) is 23.2 Å². The number of nitrogens with one attached hydrogen (secondary N) is 1. The summed E-state index contributed by atoms with van der Waals surface area (Å²) < 4.78 is 0. The number of hydrogen-bond donors (Lipinski definition) is 2. The number of carboxylic acids is 1. The summed E-state index contributed by atoms with van der Waals surface area (Å²) in [4.78, 5) is 28.2. The van der Waals surface area contributed by atoms with Crippen LogP contribution in [0.4, 0.5) is 4.79 Å². The van der Waals surface area contributed by atoms with E-state index in [-0.39, 0.29) is 12.6 Å². The van der Waals surface area contributed by atoms with E-state index in [1.807, 2.05) is 0 Å². The van der Waals surface area contributed by atoms with Crippen molar-refractivity contribution in [3.63, 3.8) is 0 Å². The molecule has 19 heavy (non-hydrogen) atoms. The molecule has 2 heterocycles. The highest BCUT2D eigenvalue weighted by molar-refractivity contribution is 6.30. The minimum Gasteiger partial charge on any atom is -0.481 e. The molecule has 2 amide bonds. The zero-order chi connectivity index (χ0) is 13.8. The summed E-state index contributed by atoms with van der Waals surface area (Å²) in [6.07, 6.45) is 2.02. The molecule has 1 fully saturated rings. The highest BCUT2D eigenvalue weighted by atomic mass is 35.5. The van der Waals surface area contributed by atoms with Gasteiger partial charge in [-0.1, -0.05) is 11.6 Å². The molecule has 0 aliphatic carbocycles. The standard InChI is InChI=1S/C12H14ClN3O3/c13-9-1-2-10(14-5-9)6-15-12(19)16-4-3-8(7-16)11(17)18/h1-2,5,8H,3-4,6-7H2,(H,15,19)(H,17,18). The number of hydrogen-bond acceptors (Lipinski definition) is 3. The van der Waals surface area contributed by atoms with Crippen LogP contribution in [-0.4, -0.2) is 40.1 Å². The summed E-state index contributed by atoms with van der Waals surface area (Å²) in [7, 11) is 0. The fraction of sp³-hybridized carbons (Fsp3) is 0.417. The molecule has 102 valence electrons. The Kier molecular flexibility index (Phi) is 4.21. The maximum Gasteiger partial charge on any atom is 0.317 e. The zero-order valence-electron chi connectivity index (χ0n) is 10.2. The average molecular weight is 284 g/mol. The molecule has 0 saturated carbocycles. The van der Waals surface area contributed by atoms with Gasteiger partial charge in [0.2, 0.25) is 0 Å². The van der Waals surface area contributed by atoms with Gasteiger partial charge >= 0.3 is 12.0 Å². The molecule has 1 aliphatic rings. The number of aromatic nitrogens is 1. The maximum absolute atomic E-state index is 11.8. The Balaban J connectivity index is 1.82. The van der Waals surface area contributed by atoms with Crippen molar-refractivity contribution in [2.45, 2.75) is 13.0 Å². The van der Waals surface area contributed by atoms with Crippen LogP contribution in [0.3, 0.4) is 0 Å². The van der Waals surface area contributed by atoms with Gasteiger partial charge in [-0.15, -0.1) is 0 Å². The van der Waals surface area contributed by atoms with E-state index in [9.17, 15) is 9.59 Å². The van der Waals surface area contributed by atoms with Crippen molar-refractivity contribution in [3.05, 3.63) is 29.0 Å².